The van der Waals surface area contributed by atoms with E-state index in [1.807, 2.05) is 55.5 Å². The molecule has 0 spiro atoms. The number of hydrogen-bond acceptors (Lipinski definition) is 2. The molecule has 1 amide bonds. The summed E-state index contributed by atoms with van der Waals surface area (Å²) in [6, 6.07) is 16.5. The van der Waals surface area contributed by atoms with Crippen LogP contribution in [0.1, 0.15) is 18.1 Å². The van der Waals surface area contributed by atoms with Crippen LogP contribution in [0.3, 0.4) is 0 Å². The largest absolute Gasteiger partial charge is 0.368 e. The van der Waals surface area contributed by atoms with Crippen LogP contribution in [0.15, 0.2) is 54.6 Å². The fourth-order valence-corrected chi connectivity index (χ4v) is 2.76. The number of amides is 1. The summed E-state index contributed by atoms with van der Waals surface area (Å²) in [4.78, 5) is 11.7. The van der Waals surface area contributed by atoms with Gasteiger partial charge >= 0.3 is 0 Å². The molecular weight excluding hydrogens is 284 g/mol. The van der Waals surface area contributed by atoms with Gasteiger partial charge in [-0.3, -0.25) is 4.79 Å². The predicted octanol–water partition coefficient (Wildman–Crippen LogP) is 2.65. The molecule has 0 fully saturated rings. The van der Waals surface area contributed by atoms with E-state index in [-0.39, 0.29) is 0 Å². The number of hydrogen-bond donors (Lipinski definition) is 2. The van der Waals surface area contributed by atoms with Crippen molar-refractivity contribution < 1.29 is 4.79 Å². The van der Waals surface area contributed by atoms with Gasteiger partial charge in [-0.15, -0.1) is 0 Å². The maximum Gasteiger partial charge on any atom is 0.235 e. The van der Waals surface area contributed by atoms with Crippen LogP contribution in [0.2, 0.25) is 5.02 Å². The molecule has 3 nitrogen and oxygen atoms in total. The summed E-state index contributed by atoms with van der Waals surface area (Å²) in [7, 11) is 0. The van der Waals surface area contributed by atoms with Crippen LogP contribution in [0, 0.1) is 0 Å². The Morgan fingerprint density at radius 3 is 2.43 bits per heavy atom. The number of halogens is 1. The van der Waals surface area contributed by atoms with Crippen molar-refractivity contribution in [2.75, 3.05) is 0 Å². The highest BCUT2D eigenvalue weighted by molar-refractivity contribution is 6.30. The van der Waals surface area contributed by atoms with Gasteiger partial charge in [0.1, 0.15) is 0 Å². The Morgan fingerprint density at radius 1 is 1.19 bits per heavy atom. The molecule has 0 aliphatic heterocycles. The second kappa shape index (κ2) is 6.29. The summed E-state index contributed by atoms with van der Waals surface area (Å²) in [6.45, 7) is 1.95. The van der Waals surface area contributed by atoms with Gasteiger partial charge in [-0.1, -0.05) is 61.0 Å². The average molecular weight is 303 g/mol. The molecule has 21 heavy (non-hydrogen) atoms. The molecule has 0 aliphatic rings. The second-order valence-electron chi connectivity index (χ2n) is 5.47. The number of rotatable bonds is 5. The molecule has 4 heteroatoms. The molecule has 0 aliphatic carbocycles. The molecular formula is C17H19ClN2O. The lowest BCUT2D eigenvalue weighted by Gasteiger charge is -2.34. The smallest absolute Gasteiger partial charge is 0.235 e. The van der Waals surface area contributed by atoms with Crippen LogP contribution >= 0.6 is 11.6 Å². The third kappa shape index (κ3) is 3.43. The molecule has 0 heterocycles. The van der Waals surface area contributed by atoms with Crippen molar-refractivity contribution in [3.05, 3.63) is 70.7 Å². The molecule has 2 atom stereocenters. The molecule has 4 N–H and O–H groups in total. The fraction of sp³-hybridized carbons (Fsp3) is 0.235. The Balaban J connectivity index is 2.46. The first-order valence-electron chi connectivity index (χ1n) is 6.78. The summed E-state index contributed by atoms with van der Waals surface area (Å²) < 4.78 is 0. The lowest BCUT2D eigenvalue weighted by Crippen LogP contribution is -2.52. The minimum absolute atomic E-state index is 0.520. The number of carbonyl (C=O) groups is 1. The van der Waals surface area contributed by atoms with Crippen molar-refractivity contribution in [2.45, 2.75) is 24.8 Å². The maximum absolute atomic E-state index is 11.7. The zero-order valence-corrected chi connectivity index (χ0v) is 12.7. The van der Waals surface area contributed by atoms with Crippen molar-refractivity contribution in [3.8, 4) is 0 Å². The number of primary amides is 1. The molecule has 0 aromatic heterocycles. The first kappa shape index (κ1) is 15.5. The highest BCUT2D eigenvalue weighted by Crippen LogP contribution is 2.32. The van der Waals surface area contributed by atoms with Crippen LogP contribution in [0.4, 0.5) is 0 Å². The third-order valence-corrected chi connectivity index (χ3v) is 4.13. The lowest BCUT2D eigenvalue weighted by atomic mass is 9.71. The molecule has 110 valence electrons. The van der Waals surface area contributed by atoms with Crippen molar-refractivity contribution in [1.82, 2.24) is 0 Å². The zero-order chi connectivity index (χ0) is 15.5. The van der Waals surface area contributed by atoms with Gasteiger partial charge in [0.15, 0.2) is 0 Å². The van der Waals surface area contributed by atoms with E-state index >= 15 is 0 Å². The minimum Gasteiger partial charge on any atom is -0.368 e. The van der Waals surface area contributed by atoms with Crippen molar-refractivity contribution in [3.63, 3.8) is 0 Å². The predicted molar refractivity (Wildman–Crippen MR) is 86.1 cm³/mol. The van der Waals surface area contributed by atoms with Crippen LogP contribution < -0.4 is 11.5 Å². The van der Waals surface area contributed by atoms with Crippen molar-refractivity contribution in [2.24, 2.45) is 11.5 Å². The highest BCUT2D eigenvalue weighted by atomic mass is 35.5. The zero-order valence-electron chi connectivity index (χ0n) is 11.9. The average Bonchev–Trinajstić information content (AvgIpc) is 2.47. The molecule has 2 unspecified atom stereocenters. The Hall–Kier alpha value is -1.84. The third-order valence-electron chi connectivity index (χ3n) is 3.89. The lowest BCUT2D eigenvalue weighted by molar-refractivity contribution is -0.120. The molecule has 0 saturated heterocycles. The Kier molecular flexibility index (Phi) is 4.66. The van der Waals surface area contributed by atoms with Gasteiger partial charge in [-0.2, -0.15) is 0 Å². The maximum atomic E-state index is 11.7. The SMILES string of the molecule is CC(Cc1ccccc1)(c1cccc(Cl)c1)C(N)C(N)=O. The summed E-state index contributed by atoms with van der Waals surface area (Å²) in [5.41, 5.74) is 13.0. The van der Waals surface area contributed by atoms with E-state index in [1.54, 1.807) is 6.07 Å². The number of carbonyl (C=O) groups excluding carboxylic acids is 1. The van der Waals surface area contributed by atoms with Crippen molar-refractivity contribution in [1.29, 1.82) is 0 Å². The minimum atomic E-state index is -0.795. The van der Waals surface area contributed by atoms with Gasteiger partial charge in [0.25, 0.3) is 0 Å². The summed E-state index contributed by atoms with van der Waals surface area (Å²) in [5.74, 6) is -0.520. The van der Waals surface area contributed by atoms with Crippen LogP contribution in [-0.2, 0) is 16.6 Å². The van der Waals surface area contributed by atoms with Gasteiger partial charge in [0.05, 0.1) is 6.04 Å². The van der Waals surface area contributed by atoms with Crippen LogP contribution in [0.5, 0.6) is 0 Å². The summed E-state index contributed by atoms with van der Waals surface area (Å²) in [5, 5.41) is 0.614. The van der Waals surface area contributed by atoms with Crippen LogP contribution in [-0.4, -0.2) is 11.9 Å². The molecule has 0 bridgehead atoms. The highest BCUT2D eigenvalue weighted by Gasteiger charge is 2.37. The van der Waals surface area contributed by atoms with E-state index in [0.717, 1.165) is 11.1 Å². The quantitative estimate of drug-likeness (QED) is 0.891. The molecule has 0 radical (unpaired) electrons. The van der Waals surface area contributed by atoms with Crippen molar-refractivity contribution >= 4 is 17.5 Å². The fourth-order valence-electron chi connectivity index (χ4n) is 2.57. The molecule has 2 aromatic rings. The molecule has 0 saturated carbocycles. The normalized spacial score (nSPS) is 15.2. The van der Waals surface area contributed by atoms with Gasteiger partial charge in [0.2, 0.25) is 5.91 Å². The topological polar surface area (TPSA) is 69.1 Å². The van der Waals surface area contributed by atoms with Gasteiger partial charge in [0, 0.05) is 10.4 Å². The summed E-state index contributed by atoms with van der Waals surface area (Å²) in [6.07, 6.45) is 0.609. The van der Waals surface area contributed by atoms with E-state index in [1.165, 1.54) is 0 Å². The van der Waals surface area contributed by atoms with E-state index in [0.29, 0.717) is 11.4 Å². The van der Waals surface area contributed by atoms with Gasteiger partial charge in [-0.05, 0) is 29.7 Å². The number of nitrogens with two attached hydrogens (primary N) is 2. The standard InChI is InChI=1S/C17H19ClN2O/c1-17(15(19)16(20)21,11-12-6-3-2-4-7-12)13-8-5-9-14(18)10-13/h2-10,15H,11,19H2,1H3,(H2,20,21). The van der Waals surface area contributed by atoms with E-state index in [4.69, 9.17) is 23.1 Å². The van der Waals surface area contributed by atoms with E-state index in [2.05, 4.69) is 0 Å². The van der Waals surface area contributed by atoms with Gasteiger partial charge < -0.3 is 11.5 Å². The second-order valence-corrected chi connectivity index (χ2v) is 5.91. The first-order valence-corrected chi connectivity index (χ1v) is 7.16. The van der Waals surface area contributed by atoms with E-state index < -0.39 is 17.4 Å². The van der Waals surface area contributed by atoms with E-state index in [9.17, 15) is 4.79 Å². The van der Waals surface area contributed by atoms with Crippen LogP contribution in [0.25, 0.3) is 0 Å². The van der Waals surface area contributed by atoms with Gasteiger partial charge in [-0.25, -0.2) is 0 Å². The Morgan fingerprint density at radius 2 is 1.86 bits per heavy atom. The molecule has 2 rings (SSSR count). The number of benzene rings is 2. The first-order chi connectivity index (χ1) is 9.93. The molecule has 2 aromatic carbocycles. The monoisotopic (exact) mass is 302 g/mol. The summed E-state index contributed by atoms with van der Waals surface area (Å²) >= 11 is 6.08. The Labute approximate surface area is 129 Å². The Bertz CT molecular complexity index is 630.